The summed E-state index contributed by atoms with van der Waals surface area (Å²) in [5, 5.41) is 3.99. The fraction of sp³-hybridized carbons (Fsp3) is 0.286. The standard InChI is InChI=1S/C28H30Cl2N2O2/c1-3-20(2)31-28(34)26(17-21-11-6-4-7-12-21)32(19-23-24(29)15-10-16-25(23)30)27(33)18-22-13-8-5-9-14-22/h4-16,20,26H,3,17-19H2,1-2H3,(H,31,34)/t20-,26+/m0/s1. The molecular weight excluding hydrogens is 467 g/mol. The summed E-state index contributed by atoms with van der Waals surface area (Å²) in [6.45, 7) is 4.10. The molecule has 0 aliphatic heterocycles. The summed E-state index contributed by atoms with van der Waals surface area (Å²) < 4.78 is 0. The smallest absolute Gasteiger partial charge is 0.243 e. The molecule has 2 amide bonds. The highest BCUT2D eigenvalue weighted by molar-refractivity contribution is 6.36. The molecule has 1 N–H and O–H groups in total. The van der Waals surface area contributed by atoms with E-state index in [1.807, 2.05) is 74.5 Å². The van der Waals surface area contributed by atoms with E-state index in [-0.39, 0.29) is 30.8 Å². The van der Waals surface area contributed by atoms with Gasteiger partial charge < -0.3 is 10.2 Å². The maximum atomic E-state index is 13.7. The third-order valence-corrected chi connectivity index (χ3v) is 6.57. The molecule has 0 aliphatic rings. The van der Waals surface area contributed by atoms with Gasteiger partial charge in [0.2, 0.25) is 11.8 Å². The van der Waals surface area contributed by atoms with Crippen molar-refractivity contribution in [3.8, 4) is 0 Å². The molecule has 3 aromatic rings. The van der Waals surface area contributed by atoms with Gasteiger partial charge in [-0.25, -0.2) is 0 Å². The minimum absolute atomic E-state index is 0.0132. The molecule has 3 aromatic carbocycles. The second-order valence-corrected chi connectivity index (χ2v) is 9.22. The normalized spacial score (nSPS) is 12.6. The third-order valence-electron chi connectivity index (χ3n) is 5.86. The summed E-state index contributed by atoms with van der Waals surface area (Å²) in [6, 6.07) is 23.8. The van der Waals surface area contributed by atoms with Gasteiger partial charge in [0.25, 0.3) is 0 Å². The molecule has 0 saturated carbocycles. The van der Waals surface area contributed by atoms with Gasteiger partial charge in [-0.3, -0.25) is 9.59 Å². The number of nitrogens with zero attached hydrogens (tertiary/aromatic N) is 1. The fourth-order valence-corrected chi connectivity index (χ4v) is 4.24. The number of hydrogen-bond donors (Lipinski definition) is 1. The van der Waals surface area contributed by atoms with Gasteiger partial charge in [0.1, 0.15) is 6.04 Å². The molecule has 0 fully saturated rings. The van der Waals surface area contributed by atoms with Gasteiger partial charge >= 0.3 is 0 Å². The Kier molecular flexibility index (Phi) is 9.55. The summed E-state index contributed by atoms with van der Waals surface area (Å²) in [7, 11) is 0. The molecule has 0 saturated heterocycles. The summed E-state index contributed by atoms with van der Waals surface area (Å²) >= 11 is 12.9. The second kappa shape index (κ2) is 12.6. The zero-order chi connectivity index (χ0) is 24.5. The van der Waals surface area contributed by atoms with Crippen molar-refractivity contribution < 1.29 is 9.59 Å². The van der Waals surface area contributed by atoms with Crippen LogP contribution in [-0.2, 0) is 29.0 Å². The van der Waals surface area contributed by atoms with E-state index in [1.165, 1.54) is 0 Å². The van der Waals surface area contributed by atoms with Crippen LogP contribution in [0.15, 0.2) is 78.9 Å². The van der Waals surface area contributed by atoms with E-state index in [4.69, 9.17) is 23.2 Å². The van der Waals surface area contributed by atoms with Crippen molar-refractivity contribution >= 4 is 35.0 Å². The number of rotatable bonds is 10. The molecule has 0 bridgehead atoms. The first-order chi connectivity index (χ1) is 16.4. The zero-order valence-electron chi connectivity index (χ0n) is 19.5. The SMILES string of the molecule is CC[C@H](C)NC(=O)[C@@H](Cc1ccccc1)N(Cc1c(Cl)cccc1Cl)C(=O)Cc1ccccc1. The Hall–Kier alpha value is -2.82. The lowest BCUT2D eigenvalue weighted by molar-refractivity contribution is -0.141. The molecule has 0 heterocycles. The molecule has 34 heavy (non-hydrogen) atoms. The van der Waals surface area contributed by atoms with Crippen molar-refractivity contribution in [2.45, 2.75) is 51.7 Å². The molecule has 0 spiro atoms. The summed E-state index contributed by atoms with van der Waals surface area (Å²) in [5.41, 5.74) is 2.47. The Morgan fingerprint density at radius 2 is 1.41 bits per heavy atom. The maximum Gasteiger partial charge on any atom is 0.243 e. The van der Waals surface area contributed by atoms with Gasteiger partial charge in [-0.1, -0.05) is 96.9 Å². The number of carbonyl (C=O) groups is 2. The molecule has 0 aromatic heterocycles. The molecule has 4 nitrogen and oxygen atoms in total. The van der Waals surface area contributed by atoms with Crippen molar-refractivity contribution in [2.75, 3.05) is 0 Å². The second-order valence-electron chi connectivity index (χ2n) is 8.41. The molecule has 2 atom stereocenters. The maximum absolute atomic E-state index is 13.7. The van der Waals surface area contributed by atoms with E-state index >= 15 is 0 Å². The van der Waals surface area contributed by atoms with Crippen molar-refractivity contribution in [3.05, 3.63) is 106 Å². The molecule has 6 heteroatoms. The molecule has 0 aliphatic carbocycles. The lowest BCUT2D eigenvalue weighted by Gasteiger charge is -2.33. The largest absolute Gasteiger partial charge is 0.352 e. The predicted molar refractivity (Wildman–Crippen MR) is 139 cm³/mol. The van der Waals surface area contributed by atoms with E-state index in [2.05, 4.69) is 5.32 Å². The molecular formula is C28H30Cl2N2O2. The van der Waals surface area contributed by atoms with Crippen LogP contribution in [0.2, 0.25) is 10.0 Å². The van der Waals surface area contributed by atoms with Crippen LogP contribution < -0.4 is 5.32 Å². The van der Waals surface area contributed by atoms with Gasteiger partial charge in [0.15, 0.2) is 0 Å². The van der Waals surface area contributed by atoms with E-state index in [1.54, 1.807) is 23.1 Å². The van der Waals surface area contributed by atoms with Crippen LogP contribution in [0.3, 0.4) is 0 Å². The Morgan fingerprint density at radius 3 is 1.97 bits per heavy atom. The molecule has 178 valence electrons. The van der Waals surface area contributed by atoms with E-state index in [0.29, 0.717) is 22.0 Å². The van der Waals surface area contributed by atoms with Gasteiger partial charge in [-0.2, -0.15) is 0 Å². The Morgan fingerprint density at radius 1 is 0.853 bits per heavy atom. The number of halogens is 2. The summed E-state index contributed by atoms with van der Waals surface area (Å²) in [4.78, 5) is 28.8. The van der Waals surface area contributed by atoms with Crippen molar-refractivity contribution in [1.82, 2.24) is 10.2 Å². The first kappa shape index (κ1) is 25.8. The lowest BCUT2D eigenvalue weighted by Crippen LogP contribution is -2.52. The van der Waals surface area contributed by atoms with E-state index in [9.17, 15) is 9.59 Å². The monoisotopic (exact) mass is 496 g/mol. The van der Waals surface area contributed by atoms with Crippen LogP contribution >= 0.6 is 23.2 Å². The highest BCUT2D eigenvalue weighted by Gasteiger charge is 2.31. The Balaban J connectivity index is 2.01. The number of amides is 2. The van der Waals surface area contributed by atoms with Crippen LogP contribution in [0.5, 0.6) is 0 Å². The molecule has 0 radical (unpaired) electrons. The number of hydrogen-bond acceptors (Lipinski definition) is 2. The Labute approximate surface area is 211 Å². The van der Waals surface area contributed by atoms with Gasteiger partial charge in [-0.05, 0) is 36.6 Å². The average molecular weight is 497 g/mol. The van der Waals surface area contributed by atoms with E-state index in [0.717, 1.165) is 17.5 Å². The predicted octanol–water partition coefficient (Wildman–Crippen LogP) is 6.09. The van der Waals surface area contributed by atoms with Crippen molar-refractivity contribution in [3.63, 3.8) is 0 Å². The van der Waals surface area contributed by atoms with Crippen LogP contribution in [0.4, 0.5) is 0 Å². The van der Waals surface area contributed by atoms with Crippen LogP contribution in [-0.4, -0.2) is 28.8 Å². The molecule has 0 unspecified atom stereocenters. The summed E-state index contributed by atoms with van der Waals surface area (Å²) in [6.07, 6.45) is 1.34. The number of nitrogens with one attached hydrogen (secondary N) is 1. The first-order valence-electron chi connectivity index (χ1n) is 11.5. The zero-order valence-corrected chi connectivity index (χ0v) is 21.0. The average Bonchev–Trinajstić information content (AvgIpc) is 2.84. The van der Waals surface area contributed by atoms with E-state index < -0.39 is 6.04 Å². The molecule has 3 rings (SSSR count). The van der Waals surface area contributed by atoms with Crippen molar-refractivity contribution in [2.24, 2.45) is 0 Å². The number of carbonyl (C=O) groups excluding carboxylic acids is 2. The third kappa shape index (κ3) is 7.09. The minimum atomic E-state index is -0.722. The van der Waals surface area contributed by atoms with Gasteiger partial charge in [0.05, 0.1) is 6.42 Å². The van der Waals surface area contributed by atoms with Crippen molar-refractivity contribution in [1.29, 1.82) is 0 Å². The Bertz CT molecular complexity index is 1070. The highest BCUT2D eigenvalue weighted by Crippen LogP contribution is 2.27. The topological polar surface area (TPSA) is 49.4 Å². The highest BCUT2D eigenvalue weighted by atomic mass is 35.5. The van der Waals surface area contributed by atoms with Gasteiger partial charge in [-0.15, -0.1) is 0 Å². The fourth-order valence-electron chi connectivity index (χ4n) is 3.72. The van der Waals surface area contributed by atoms with Gasteiger partial charge in [0, 0.05) is 34.6 Å². The van der Waals surface area contributed by atoms with Crippen LogP contribution in [0.25, 0.3) is 0 Å². The van der Waals surface area contributed by atoms with Crippen LogP contribution in [0.1, 0.15) is 37.0 Å². The quantitative estimate of drug-likeness (QED) is 0.369. The lowest BCUT2D eigenvalue weighted by atomic mass is 10.0. The van der Waals surface area contributed by atoms with Crippen LogP contribution in [0, 0.1) is 0 Å². The number of benzene rings is 3. The summed E-state index contributed by atoms with van der Waals surface area (Å²) in [5.74, 6) is -0.356. The minimum Gasteiger partial charge on any atom is -0.352 e. The first-order valence-corrected chi connectivity index (χ1v) is 12.2.